The number of hydrogen-bond acceptors (Lipinski definition) is 3. The molecule has 0 aromatic rings. The summed E-state index contributed by atoms with van der Waals surface area (Å²) in [6, 6.07) is -0.0375. The van der Waals surface area contributed by atoms with Crippen molar-refractivity contribution in [2.24, 2.45) is 0 Å². The molecule has 1 rings (SSSR count). The highest BCUT2D eigenvalue weighted by molar-refractivity contribution is 5.81. The van der Waals surface area contributed by atoms with Crippen LogP contribution in [-0.4, -0.2) is 36.1 Å². The number of carboxylic acids is 1. The van der Waals surface area contributed by atoms with Crippen LogP contribution in [0.5, 0.6) is 0 Å². The quantitative estimate of drug-likeness (QED) is 0.548. The van der Waals surface area contributed by atoms with E-state index in [0.29, 0.717) is 13.0 Å². The SMILES string of the molecule is O=C(O)CCCCNC(=O)C1CCCN1. The van der Waals surface area contributed by atoms with Crippen LogP contribution in [-0.2, 0) is 9.59 Å². The van der Waals surface area contributed by atoms with Gasteiger partial charge in [0.2, 0.25) is 5.91 Å². The second-order valence-corrected chi connectivity index (χ2v) is 3.79. The molecule has 1 unspecified atom stereocenters. The van der Waals surface area contributed by atoms with Crippen LogP contribution in [0, 0.1) is 0 Å². The minimum absolute atomic E-state index is 0.0375. The van der Waals surface area contributed by atoms with Crippen LogP contribution < -0.4 is 10.6 Å². The predicted molar refractivity (Wildman–Crippen MR) is 55.5 cm³/mol. The number of rotatable bonds is 6. The van der Waals surface area contributed by atoms with E-state index in [4.69, 9.17) is 5.11 Å². The first-order valence-corrected chi connectivity index (χ1v) is 5.43. The summed E-state index contributed by atoms with van der Waals surface area (Å²) < 4.78 is 0. The van der Waals surface area contributed by atoms with Crippen LogP contribution in [0.2, 0.25) is 0 Å². The average molecular weight is 214 g/mol. The number of carbonyl (C=O) groups excluding carboxylic acids is 1. The monoisotopic (exact) mass is 214 g/mol. The minimum Gasteiger partial charge on any atom is -0.481 e. The van der Waals surface area contributed by atoms with Crippen molar-refractivity contribution < 1.29 is 14.7 Å². The van der Waals surface area contributed by atoms with Gasteiger partial charge >= 0.3 is 5.97 Å². The summed E-state index contributed by atoms with van der Waals surface area (Å²) in [6.45, 7) is 1.49. The van der Waals surface area contributed by atoms with Gasteiger partial charge in [0.05, 0.1) is 6.04 Å². The van der Waals surface area contributed by atoms with Crippen molar-refractivity contribution in [1.29, 1.82) is 0 Å². The van der Waals surface area contributed by atoms with Crippen molar-refractivity contribution in [3.8, 4) is 0 Å². The molecule has 0 aromatic heterocycles. The van der Waals surface area contributed by atoms with E-state index in [2.05, 4.69) is 10.6 Å². The van der Waals surface area contributed by atoms with Crippen LogP contribution in [0.1, 0.15) is 32.1 Å². The molecule has 0 aliphatic carbocycles. The maximum Gasteiger partial charge on any atom is 0.303 e. The largest absolute Gasteiger partial charge is 0.481 e. The summed E-state index contributed by atoms with van der Waals surface area (Å²) in [5, 5.41) is 14.3. The second-order valence-electron chi connectivity index (χ2n) is 3.79. The maximum atomic E-state index is 11.5. The van der Waals surface area contributed by atoms with Crippen LogP contribution in [0.25, 0.3) is 0 Å². The van der Waals surface area contributed by atoms with Crippen molar-refractivity contribution in [3.63, 3.8) is 0 Å². The topological polar surface area (TPSA) is 78.4 Å². The molecule has 1 atom stereocenters. The van der Waals surface area contributed by atoms with Gasteiger partial charge in [0, 0.05) is 13.0 Å². The standard InChI is InChI=1S/C10H18N2O3/c13-9(14)5-1-2-6-12-10(15)8-4-3-7-11-8/h8,11H,1-7H2,(H,12,15)(H,13,14). The van der Waals surface area contributed by atoms with Crippen LogP contribution in [0.15, 0.2) is 0 Å². The lowest BCUT2D eigenvalue weighted by Crippen LogP contribution is -2.40. The molecular weight excluding hydrogens is 196 g/mol. The van der Waals surface area contributed by atoms with Gasteiger partial charge in [0.25, 0.3) is 0 Å². The molecule has 1 heterocycles. The van der Waals surface area contributed by atoms with Crippen molar-refractivity contribution in [1.82, 2.24) is 10.6 Å². The zero-order chi connectivity index (χ0) is 11.1. The Bertz CT molecular complexity index is 225. The number of aliphatic carboxylic acids is 1. The Hall–Kier alpha value is -1.10. The third-order valence-corrected chi connectivity index (χ3v) is 2.49. The third-order valence-electron chi connectivity index (χ3n) is 2.49. The van der Waals surface area contributed by atoms with Crippen molar-refractivity contribution >= 4 is 11.9 Å². The Morgan fingerprint density at radius 2 is 2.20 bits per heavy atom. The highest BCUT2D eigenvalue weighted by Crippen LogP contribution is 2.04. The van der Waals surface area contributed by atoms with E-state index in [1.807, 2.05) is 0 Å². The van der Waals surface area contributed by atoms with E-state index >= 15 is 0 Å². The molecule has 86 valence electrons. The fraction of sp³-hybridized carbons (Fsp3) is 0.800. The molecule has 1 aliphatic rings. The molecule has 1 fully saturated rings. The van der Waals surface area contributed by atoms with Gasteiger partial charge in [0.15, 0.2) is 0 Å². The van der Waals surface area contributed by atoms with Gasteiger partial charge < -0.3 is 15.7 Å². The molecule has 5 nitrogen and oxygen atoms in total. The van der Waals surface area contributed by atoms with Crippen molar-refractivity contribution in [2.45, 2.75) is 38.1 Å². The van der Waals surface area contributed by atoms with Gasteiger partial charge in [-0.25, -0.2) is 0 Å². The number of hydrogen-bond donors (Lipinski definition) is 3. The number of unbranched alkanes of at least 4 members (excludes halogenated alkanes) is 1. The van der Waals surface area contributed by atoms with Gasteiger partial charge in [-0.1, -0.05) is 0 Å². The predicted octanol–water partition coefficient (Wildman–Crippen LogP) is 0.109. The van der Waals surface area contributed by atoms with Crippen LogP contribution >= 0.6 is 0 Å². The fourth-order valence-electron chi connectivity index (χ4n) is 1.64. The summed E-state index contributed by atoms with van der Waals surface area (Å²) in [5.74, 6) is -0.735. The summed E-state index contributed by atoms with van der Waals surface area (Å²) in [5.41, 5.74) is 0. The Labute approximate surface area is 89.2 Å². The highest BCUT2D eigenvalue weighted by atomic mass is 16.4. The molecule has 1 saturated heterocycles. The Morgan fingerprint density at radius 3 is 2.80 bits per heavy atom. The molecule has 0 spiro atoms. The van der Waals surface area contributed by atoms with E-state index < -0.39 is 5.97 Å². The first-order chi connectivity index (χ1) is 7.20. The smallest absolute Gasteiger partial charge is 0.303 e. The summed E-state index contributed by atoms with van der Waals surface area (Å²) in [6.07, 6.45) is 3.48. The van der Waals surface area contributed by atoms with Gasteiger partial charge in [-0.05, 0) is 32.2 Å². The van der Waals surface area contributed by atoms with E-state index in [1.54, 1.807) is 0 Å². The van der Waals surface area contributed by atoms with Crippen molar-refractivity contribution in [3.05, 3.63) is 0 Å². The molecule has 0 aromatic carbocycles. The third kappa shape index (κ3) is 4.78. The normalized spacial score (nSPS) is 20.1. The zero-order valence-corrected chi connectivity index (χ0v) is 8.79. The average Bonchev–Trinajstić information content (AvgIpc) is 2.69. The van der Waals surface area contributed by atoms with Gasteiger partial charge in [-0.2, -0.15) is 0 Å². The first kappa shape index (κ1) is 12.0. The fourth-order valence-corrected chi connectivity index (χ4v) is 1.64. The maximum absolute atomic E-state index is 11.5. The summed E-state index contributed by atoms with van der Waals surface area (Å²) >= 11 is 0. The molecule has 3 N–H and O–H groups in total. The van der Waals surface area contributed by atoms with E-state index in [-0.39, 0.29) is 18.4 Å². The molecule has 1 aliphatic heterocycles. The van der Waals surface area contributed by atoms with E-state index in [9.17, 15) is 9.59 Å². The summed E-state index contributed by atoms with van der Waals surface area (Å²) in [4.78, 5) is 21.7. The highest BCUT2D eigenvalue weighted by Gasteiger charge is 2.20. The number of carboxylic acid groups (broad SMARTS) is 1. The molecular formula is C10H18N2O3. The minimum atomic E-state index is -0.779. The van der Waals surface area contributed by atoms with E-state index in [0.717, 1.165) is 25.8 Å². The molecule has 5 heteroatoms. The van der Waals surface area contributed by atoms with Gasteiger partial charge in [-0.3, -0.25) is 9.59 Å². The van der Waals surface area contributed by atoms with Gasteiger partial charge in [0.1, 0.15) is 0 Å². The lowest BCUT2D eigenvalue weighted by Gasteiger charge is -2.10. The van der Waals surface area contributed by atoms with Crippen LogP contribution in [0.3, 0.4) is 0 Å². The Balaban J connectivity index is 1.99. The van der Waals surface area contributed by atoms with Crippen molar-refractivity contribution in [2.75, 3.05) is 13.1 Å². The molecule has 15 heavy (non-hydrogen) atoms. The molecule has 0 bridgehead atoms. The second kappa shape index (κ2) is 6.40. The Morgan fingerprint density at radius 1 is 1.40 bits per heavy atom. The Kier molecular flexibility index (Phi) is 5.10. The molecule has 0 radical (unpaired) electrons. The number of amides is 1. The molecule has 0 saturated carbocycles. The van der Waals surface area contributed by atoms with Crippen LogP contribution in [0.4, 0.5) is 0 Å². The first-order valence-electron chi connectivity index (χ1n) is 5.43. The number of nitrogens with one attached hydrogen (secondary N) is 2. The molecule has 1 amide bonds. The summed E-state index contributed by atoms with van der Waals surface area (Å²) in [7, 11) is 0. The lowest BCUT2D eigenvalue weighted by atomic mass is 10.2. The van der Waals surface area contributed by atoms with E-state index in [1.165, 1.54) is 0 Å². The van der Waals surface area contributed by atoms with Gasteiger partial charge in [-0.15, -0.1) is 0 Å². The zero-order valence-electron chi connectivity index (χ0n) is 8.79. The number of carbonyl (C=O) groups is 2. The lowest BCUT2D eigenvalue weighted by molar-refractivity contribution is -0.137.